The van der Waals surface area contributed by atoms with E-state index in [1.807, 2.05) is 7.05 Å². The molecule has 2 aliphatic rings. The summed E-state index contributed by atoms with van der Waals surface area (Å²) in [4.78, 5) is 16.4. The van der Waals surface area contributed by atoms with Crippen LogP contribution < -0.4 is 4.90 Å². The summed E-state index contributed by atoms with van der Waals surface area (Å²) in [7, 11) is 2.05. The van der Waals surface area contributed by atoms with Crippen molar-refractivity contribution in [3.8, 4) is 11.4 Å². The molecule has 0 N–H and O–H groups in total. The molecule has 0 radical (unpaired) electrons. The van der Waals surface area contributed by atoms with E-state index in [2.05, 4.69) is 24.8 Å². The lowest BCUT2D eigenvalue weighted by molar-refractivity contribution is -0.141. The van der Waals surface area contributed by atoms with Crippen LogP contribution in [0.5, 0.6) is 0 Å². The number of likely N-dealkylation sites (tertiary alicyclic amines) is 1. The lowest BCUT2D eigenvalue weighted by Crippen LogP contribution is -2.52. The van der Waals surface area contributed by atoms with Crippen LogP contribution in [0.15, 0.2) is 30.6 Å². The Morgan fingerprint density at radius 2 is 1.68 bits per heavy atom. The number of rotatable bonds is 2. The molecule has 2 atom stereocenters. The lowest BCUT2D eigenvalue weighted by atomic mass is 10.2. The van der Waals surface area contributed by atoms with Crippen LogP contribution in [0, 0.1) is 0 Å². The number of fused-ring (bicyclic) bond motifs is 2. The van der Waals surface area contributed by atoms with Gasteiger partial charge in [-0.2, -0.15) is 13.2 Å². The fraction of sp³-hybridized carbons (Fsp3) is 0.471. The lowest BCUT2D eigenvalue weighted by Gasteiger charge is -2.40. The number of halogens is 3. The van der Waals surface area contributed by atoms with Crippen molar-refractivity contribution in [1.82, 2.24) is 19.9 Å². The van der Waals surface area contributed by atoms with Crippen molar-refractivity contribution in [2.24, 2.45) is 0 Å². The number of aromatic nitrogens is 3. The fourth-order valence-electron chi connectivity index (χ4n) is 3.83. The first-order chi connectivity index (χ1) is 11.9. The van der Waals surface area contributed by atoms with Crippen LogP contribution >= 0.6 is 0 Å². The Balaban J connectivity index is 1.80. The highest BCUT2D eigenvalue weighted by molar-refractivity contribution is 5.58. The van der Waals surface area contributed by atoms with Crippen molar-refractivity contribution in [2.75, 3.05) is 25.0 Å². The van der Waals surface area contributed by atoms with Gasteiger partial charge in [-0.05, 0) is 32.0 Å². The van der Waals surface area contributed by atoms with Gasteiger partial charge >= 0.3 is 6.18 Å². The summed E-state index contributed by atoms with van der Waals surface area (Å²) < 4.78 is 40.1. The van der Waals surface area contributed by atoms with Gasteiger partial charge in [0.1, 0.15) is 5.82 Å². The third-order valence-corrected chi connectivity index (χ3v) is 4.87. The Bertz CT molecular complexity index is 751. The minimum Gasteiger partial charge on any atom is -0.348 e. The van der Waals surface area contributed by atoms with Crippen LogP contribution in [0.2, 0.25) is 0 Å². The summed E-state index contributed by atoms with van der Waals surface area (Å²) in [6, 6.07) is 4.73. The Labute approximate surface area is 143 Å². The predicted molar refractivity (Wildman–Crippen MR) is 87.1 cm³/mol. The molecule has 4 rings (SSSR count). The minimum atomic E-state index is -4.51. The summed E-state index contributed by atoms with van der Waals surface area (Å²) >= 11 is 0. The molecule has 5 nitrogen and oxygen atoms in total. The van der Waals surface area contributed by atoms with Crippen LogP contribution in [-0.4, -0.2) is 52.1 Å². The van der Waals surface area contributed by atoms with E-state index >= 15 is 0 Å². The number of nitrogens with zero attached hydrogens (tertiary/aromatic N) is 5. The molecule has 2 fully saturated rings. The summed E-state index contributed by atoms with van der Waals surface area (Å²) in [6.45, 7) is 1.68. The van der Waals surface area contributed by atoms with Crippen molar-refractivity contribution in [2.45, 2.75) is 31.1 Å². The normalized spacial score (nSPS) is 23.9. The molecule has 0 saturated carbocycles. The van der Waals surface area contributed by atoms with E-state index in [4.69, 9.17) is 0 Å². The van der Waals surface area contributed by atoms with Gasteiger partial charge in [0.2, 0.25) is 0 Å². The number of anilines is 1. The predicted octanol–water partition coefficient (Wildman–Crippen LogP) is 2.84. The standard InChI is InChI=1S/C17H18F3N5/c1-24-9-12-2-3-13(10-24)25(12)15-8-14(17(18,19)20)22-16(23-15)11-4-6-21-7-5-11/h4-8,12-13H,2-3,9-10H2,1H3. The molecule has 0 aliphatic carbocycles. The maximum Gasteiger partial charge on any atom is 0.433 e. The average molecular weight is 349 g/mol. The highest BCUT2D eigenvalue weighted by Crippen LogP contribution is 2.37. The van der Waals surface area contributed by atoms with E-state index in [-0.39, 0.29) is 17.9 Å². The SMILES string of the molecule is CN1CC2CCC(C1)N2c1cc(C(F)(F)F)nc(-c2ccncc2)n1. The van der Waals surface area contributed by atoms with Crippen molar-refractivity contribution in [1.29, 1.82) is 0 Å². The molecular formula is C17H18F3N5. The molecule has 2 aromatic rings. The molecule has 0 aromatic carbocycles. The van der Waals surface area contributed by atoms with Gasteiger partial charge in [0, 0.05) is 49.2 Å². The highest BCUT2D eigenvalue weighted by Gasteiger charge is 2.41. The Hall–Kier alpha value is -2.22. The molecule has 2 saturated heterocycles. The topological polar surface area (TPSA) is 45.2 Å². The number of piperazine rings is 1. The number of likely N-dealkylation sites (N-methyl/N-ethyl adjacent to an activating group) is 1. The molecular weight excluding hydrogens is 331 g/mol. The Morgan fingerprint density at radius 3 is 2.28 bits per heavy atom. The van der Waals surface area contributed by atoms with Crippen molar-refractivity contribution >= 4 is 5.82 Å². The number of hydrogen-bond donors (Lipinski definition) is 0. The third-order valence-electron chi connectivity index (χ3n) is 4.87. The number of alkyl halides is 3. The van der Waals surface area contributed by atoms with E-state index in [0.29, 0.717) is 11.4 Å². The first-order valence-electron chi connectivity index (χ1n) is 8.25. The molecule has 2 aromatic heterocycles. The van der Waals surface area contributed by atoms with Gasteiger partial charge < -0.3 is 9.80 Å². The first-order valence-corrected chi connectivity index (χ1v) is 8.25. The number of pyridine rings is 1. The summed E-state index contributed by atoms with van der Waals surface area (Å²) in [6.07, 6.45) is 0.497. The van der Waals surface area contributed by atoms with Gasteiger partial charge in [0.25, 0.3) is 0 Å². The summed E-state index contributed by atoms with van der Waals surface area (Å²) in [5.74, 6) is 0.459. The first kappa shape index (κ1) is 16.3. The van der Waals surface area contributed by atoms with E-state index in [0.717, 1.165) is 32.0 Å². The summed E-state index contributed by atoms with van der Waals surface area (Å²) in [5.41, 5.74) is -0.369. The second kappa shape index (κ2) is 5.94. The van der Waals surface area contributed by atoms with Crippen LogP contribution in [-0.2, 0) is 6.18 Å². The minimum absolute atomic E-state index is 0.0885. The van der Waals surface area contributed by atoms with Crippen LogP contribution in [0.3, 0.4) is 0 Å². The zero-order valence-corrected chi connectivity index (χ0v) is 13.7. The maximum atomic E-state index is 13.4. The molecule has 25 heavy (non-hydrogen) atoms. The van der Waals surface area contributed by atoms with Crippen LogP contribution in [0.25, 0.3) is 11.4 Å². The van der Waals surface area contributed by atoms with E-state index in [1.165, 1.54) is 12.4 Å². The number of hydrogen-bond acceptors (Lipinski definition) is 5. The molecule has 132 valence electrons. The molecule has 4 heterocycles. The quantitative estimate of drug-likeness (QED) is 0.834. The maximum absolute atomic E-state index is 13.4. The van der Waals surface area contributed by atoms with Gasteiger partial charge in [0.05, 0.1) is 0 Å². The van der Waals surface area contributed by atoms with E-state index in [9.17, 15) is 13.2 Å². The molecule has 0 spiro atoms. The molecule has 8 heteroatoms. The second-order valence-electron chi connectivity index (χ2n) is 6.68. The molecule has 2 unspecified atom stereocenters. The monoisotopic (exact) mass is 349 g/mol. The molecule has 2 aliphatic heterocycles. The van der Waals surface area contributed by atoms with Gasteiger partial charge in [-0.1, -0.05) is 0 Å². The van der Waals surface area contributed by atoms with Gasteiger partial charge in [-0.3, -0.25) is 4.98 Å². The second-order valence-corrected chi connectivity index (χ2v) is 6.68. The molecule has 0 amide bonds. The van der Waals surface area contributed by atoms with Crippen molar-refractivity contribution in [3.63, 3.8) is 0 Å². The van der Waals surface area contributed by atoms with Gasteiger partial charge in [-0.15, -0.1) is 0 Å². The van der Waals surface area contributed by atoms with E-state index in [1.54, 1.807) is 12.1 Å². The summed E-state index contributed by atoms with van der Waals surface area (Å²) in [5, 5.41) is 0. The van der Waals surface area contributed by atoms with Crippen LogP contribution in [0.4, 0.5) is 19.0 Å². The third kappa shape index (κ3) is 3.06. The fourth-order valence-corrected chi connectivity index (χ4v) is 3.83. The van der Waals surface area contributed by atoms with Crippen molar-refractivity contribution < 1.29 is 13.2 Å². The highest BCUT2D eigenvalue weighted by atomic mass is 19.4. The smallest absolute Gasteiger partial charge is 0.348 e. The van der Waals surface area contributed by atoms with E-state index < -0.39 is 11.9 Å². The van der Waals surface area contributed by atoms with Crippen LogP contribution in [0.1, 0.15) is 18.5 Å². The zero-order valence-electron chi connectivity index (χ0n) is 13.7. The zero-order chi connectivity index (χ0) is 17.6. The Kier molecular flexibility index (Phi) is 3.87. The molecule has 2 bridgehead atoms. The largest absolute Gasteiger partial charge is 0.433 e. The van der Waals surface area contributed by atoms with Gasteiger partial charge in [-0.25, -0.2) is 9.97 Å². The Morgan fingerprint density at radius 1 is 1.04 bits per heavy atom. The van der Waals surface area contributed by atoms with Gasteiger partial charge in [0.15, 0.2) is 11.5 Å². The average Bonchev–Trinajstić information content (AvgIpc) is 2.86. The van der Waals surface area contributed by atoms with Crippen molar-refractivity contribution in [3.05, 3.63) is 36.3 Å².